The summed E-state index contributed by atoms with van der Waals surface area (Å²) in [6.45, 7) is 6.49. The number of nitro groups is 1. The molecule has 6 unspecified atom stereocenters. The molecule has 1 amide bonds. The molecular weight excluding hydrogens is 844 g/mol. The van der Waals surface area contributed by atoms with Gasteiger partial charge in [-0.05, 0) is 116 Å². The Bertz CT molecular complexity index is 2440. The molecule has 0 aromatic heterocycles. The van der Waals surface area contributed by atoms with E-state index in [2.05, 4.69) is 18.7 Å². The van der Waals surface area contributed by atoms with Crippen LogP contribution < -0.4 is 9.47 Å². The van der Waals surface area contributed by atoms with E-state index in [0.29, 0.717) is 65.3 Å². The van der Waals surface area contributed by atoms with Gasteiger partial charge >= 0.3 is 0 Å². The summed E-state index contributed by atoms with van der Waals surface area (Å²) in [7, 11) is 0. The van der Waals surface area contributed by atoms with Gasteiger partial charge in [-0.25, -0.2) is 4.39 Å². The summed E-state index contributed by atoms with van der Waals surface area (Å²) in [4.78, 5) is 33.8. The van der Waals surface area contributed by atoms with Crippen molar-refractivity contribution in [3.63, 3.8) is 0 Å². The molecule has 4 aromatic carbocycles. The van der Waals surface area contributed by atoms with Gasteiger partial charge < -0.3 is 34.2 Å². The van der Waals surface area contributed by atoms with Gasteiger partial charge in [-0.1, -0.05) is 55.3 Å². The number of allylic oxidation sites excluding steroid dienone is 1. The van der Waals surface area contributed by atoms with Crippen molar-refractivity contribution in [2.24, 2.45) is 22.9 Å². The van der Waals surface area contributed by atoms with Crippen molar-refractivity contribution in [1.29, 1.82) is 5.26 Å². The predicted octanol–water partition coefficient (Wildman–Crippen LogP) is 9.57. The van der Waals surface area contributed by atoms with Crippen LogP contribution in [0.2, 0.25) is 0 Å². The Morgan fingerprint density at radius 2 is 1.77 bits per heavy atom. The first kappa shape index (κ1) is 47.6. The molecule has 1 saturated carbocycles. The average Bonchev–Trinajstić information content (AvgIpc) is 3.33. The molecule has 2 N–H and O–H groups in total. The third kappa shape index (κ3) is 10.3. The van der Waals surface area contributed by atoms with Crippen LogP contribution in [0.1, 0.15) is 96.8 Å². The lowest BCUT2D eigenvalue weighted by molar-refractivity contribution is -0.384. The summed E-state index contributed by atoms with van der Waals surface area (Å²) in [5.41, 5.74) is 4.11. The molecule has 0 spiro atoms. The summed E-state index contributed by atoms with van der Waals surface area (Å²) in [6.07, 6.45) is 8.81. The van der Waals surface area contributed by atoms with Crippen LogP contribution in [0, 0.1) is 45.0 Å². The molecular formula is C52H57FN4O9. The van der Waals surface area contributed by atoms with E-state index in [1.165, 1.54) is 18.2 Å². The van der Waals surface area contributed by atoms with Crippen LogP contribution in [0.3, 0.4) is 0 Å². The van der Waals surface area contributed by atoms with Gasteiger partial charge in [-0.2, -0.15) is 5.26 Å². The number of benzene rings is 4. The molecule has 0 saturated heterocycles. The number of carbonyl (C=O) groups excluding carboxylic acids is 1. The van der Waals surface area contributed by atoms with E-state index in [9.17, 15) is 34.8 Å². The summed E-state index contributed by atoms with van der Waals surface area (Å²) in [5, 5.41) is 45.7. The van der Waals surface area contributed by atoms with Crippen molar-refractivity contribution in [3.05, 3.63) is 159 Å². The number of amides is 1. The second-order valence-electron chi connectivity index (χ2n) is 17.0. The lowest BCUT2D eigenvalue weighted by Crippen LogP contribution is -2.70. The second-order valence-corrected chi connectivity index (χ2v) is 17.0. The maximum Gasteiger partial charge on any atom is 0.269 e. The predicted molar refractivity (Wildman–Crippen MR) is 246 cm³/mol. The van der Waals surface area contributed by atoms with Crippen molar-refractivity contribution in [2.75, 3.05) is 26.4 Å². The lowest BCUT2D eigenvalue weighted by atomic mass is 9.55. The van der Waals surface area contributed by atoms with E-state index < -0.39 is 22.7 Å². The monoisotopic (exact) mass is 900 g/mol. The minimum absolute atomic E-state index is 0.00389. The van der Waals surface area contributed by atoms with Crippen LogP contribution in [0.15, 0.2) is 120 Å². The van der Waals surface area contributed by atoms with Gasteiger partial charge in [0.05, 0.1) is 34.8 Å². The van der Waals surface area contributed by atoms with E-state index in [0.717, 1.165) is 36.8 Å². The van der Waals surface area contributed by atoms with Gasteiger partial charge in [-0.15, -0.1) is 6.58 Å². The highest BCUT2D eigenvalue weighted by molar-refractivity contribution is 6.03. The van der Waals surface area contributed by atoms with Crippen LogP contribution in [0.4, 0.5) is 10.1 Å². The van der Waals surface area contributed by atoms with E-state index >= 15 is 0 Å². The number of fused-ring (bicyclic) bond motifs is 2. The number of rotatable bonds is 22. The first-order chi connectivity index (χ1) is 32.2. The normalized spacial score (nSPS) is 22.2. The van der Waals surface area contributed by atoms with E-state index in [1.54, 1.807) is 71.6 Å². The van der Waals surface area contributed by atoms with Crippen molar-refractivity contribution >= 4 is 17.3 Å². The summed E-state index contributed by atoms with van der Waals surface area (Å²) in [5.74, 6) is -2.10. The van der Waals surface area contributed by atoms with Crippen LogP contribution in [0.5, 0.6) is 11.5 Å². The zero-order valence-electron chi connectivity index (χ0n) is 37.2. The summed E-state index contributed by atoms with van der Waals surface area (Å²) < 4.78 is 35.5. The number of nitro benzene ring substituents is 1. The number of aliphatic hydroxyl groups is 2. The summed E-state index contributed by atoms with van der Waals surface area (Å²) in [6, 6.07) is 26.0. The van der Waals surface area contributed by atoms with Gasteiger partial charge in [0.15, 0.2) is 0 Å². The molecule has 0 radical (unpaired) electrons. The third-order valence-corrected chi connectivity index (χ3v) is 12.9. The van der Waals surface area contributed by atoms with Crippen LogP contribution >= 0.6 is 0 Å². The van der Waals surface area contributed by atoms with E-state index in [1.807, 2.05) is 19.1 Å². The molecule has 1 fully saturated rings. The van der Waals surface area contributed by atoms with Crippen LogP contribution in [0.25, 0.3) is 0 Å². The highest BCUT2D eigenvalue weighted by Crippen LogP contribution is 2.62. The molecule has 0 bridgehead atoms. The largest absolute Gasteiger partial charge is 0.489 e. The van der Waals surface area contributed by atoms with Crippen molar-refractivity contribution in [2.45, 2.75) is 89.3 Å². The number of carbonyl (C=O) groups is 1. The number of halogens is 1. The highest BCUT2D eigenvalue weighted by atomic mass is 19.1. The van der Waals surface area contributed by atoms with Gasteiger partial charge in [0.2, 0.25) is 5.79 Å². The van der Waals surface area contributed by atoms with Crippen LogP contribution in [-0.4, -0.2) is 69.8 Å². The van der Waals surface area contributed by atoms with E-state index in [4.69, 9.17) is 24.2 Å². The quantitative estimate of drug-likeness (QED) is 0.0334. The first-order valence-corrected chi connectivity index (χ1v) is 22.8. The Labute approximate surface area is 384 Å². The number of unbranched alkanes of at least 4 members (excludes halogenated alkanes) is 2. The molecule has 6 atom stereocenters. The minimum Gasteiger partial charge on any atom is -0.489 e. The Hall–Kier alpha value is -6.40. The molecule has 1 aliphatic heterocycles. The number of non-ortho nitro benzene ring substituents is 1. The number of nitriles is 1. The first-order valence-electron chi connectivity index (χ1n) is 22.8. The third-order valence-electron chi connectivity index (χ3n) is 12.9. The zero-order chi connectivity index (χ0) is 46.6. The van der Waals surface area contributed by atoms with Crippen molar-refractivity contribution < 1.29 is 43.4 Å². The van der Waals surface area contributed by atoms with Crippen molar-refractivity contribution in [3.8, 4) is 17.6 Å². The topological polar surface area (TPSA) is 177 Å². The fraction of sp³-hybridized carbons (Fsp3) is 0.404. The zero-order valence-corrected chi connectivity index (χ0v) is 37.2. The van der Waals surface area contributed by atoms with E-state index in [-0.39, 0.29) is 74.6 Å². The Morgan fingerprint density at radius 3 is 2.45 bits per heavy atom. The van der Waals surface area contributed by atoms with Crippen molar-refractivity contribution in [1.82, 2.24) is 4.90 Å². The lowest BCUT2D eigenvalue weighted by Gasteiger charge is -2.60. The van der Waals surface area contributed by atoms with Gasteiger partial charge in [0.1, 0.15) is 36.6 Å². The molecule has 2 aliphatic carbocycles. The Balaban J connectivity index is 1.42. The van der Waals surface area contributed by atoms with Gasteiger partial charge in [0, 0.05) is 60.9 Å². The number of hydrogen-bond donors (Lipinski definition) is 2. The number of hydrogen-bond acceptors (Lipinski definition) is 11. The summed E-state index contributed by atoms with van der Waals surface area (Å²) >= 11 is 0. The second kappa shape index (κ2) is 22.2. The standard InChI is InChI=1S/C52H57FN4O9/c1-3-25-56(51(60)37-19-15-35(32-54)16-20-37)48-31-46(55-65-33-36-17-21-40(22-18-36)57(61)62)43-29-38(11-7-9-26-58)42(13-8-10-27-59)49-44-30-41(63-34-39-12-5-6-14-45(39)53)23-24-47(44)66-52(48,50(43)49)64-28-4-2/h4-6,12,14-24,29-30,38,42,48-50,58-59H,2-3,7-11,13,25-28,31,33-34H2,1H3. The molecule has 1 heterocycles. The molecule has 13 nitrogen and oxygen atoms in total. The smallest absolute Gasteiger partial charge is 0.269 e. The SMILES string of the molecule is C=CCOC12Oc3ccc(OCc4ccccc4F)cc3C3C(CCCCO)C(CCCCO)C=C(C(=NOCc4ccc([N+](=O)[O-])cc4)CC1N(CCC)C(=O)c1ccc(C#N)cc1)C32. The average molecular weight is 901 g/mol. The molecule has 7 rings (SSSR count). The Morgan fingerprint density at radius 1 is 1.03 bits per heavy atom. The number of nitrogens with zero attached hydrogens (tertiary/aromatic N) is 4. The van der Waals surface area contributed by atoms with Gasteiger partial charge in [0.25, 0.3) is 11.6 Å². The maximum absolute atomic E-state index is 15.0. The fourth-order valence-corrected chi connectivity index (χ4v) is 9.91. The van der Waals surface area contributed by atoms with Gasteiger partial charge in [-0.3, -0.25) is 14.9 Å². The number of ether oxygens (including phenoxy) is 3. The van der Waals surface area contributed by atoms with Crippen LogP contribution in [-0.2, 0) is 22.8 Å². The molecule has 14 heteroatoms. The minimum atomic E-state index is -1.51. The number of aliphatic hydroxyl groups excluding tert-OH is 2. The molecule has 346 valence electrons. The highest BCUT2D eigenvalue weighted by Gasteiger charge is 2.65. The number of oxime groups is 1. The fourth-order valence-electron chi connectivity index (χ4n) is 9.91. The molecule has 3 aliphatic rings. The Kier molecular flexibility index (Phi) is 16.0. The molecule has 4 aromatic rings. The maximum atomic E-state index is 15.0. The molecule has 66 heavy (non-hydrogen) atoms.